The average Bonchev–Trinajstić information content (AvgIpc) is 2.19. The van der Waals surface area contributed by atoms with Gasteiger partial charge in [0.15, 0.2) is 0 Å². The lowest BCUT2D eigenvalue weighted by atomic mass is 10.2. The number of carbonyl (C=O) groups excluding carboxylic acids is 1. The van der Waals surface area contributed by atoms with Crippen molar-refractivity contribution in [1.29, 1.82) is 0 Å². The van der Waals surface area contributed by atoms with E-state index in [-0.39, 0.29) is 12.4 Å². The standard InChI is InChI=1S/C10H11BrFNO2/c1-6(14)10(15)13-5-7-2-3-8(11)9(12)4-7/h2-4,6,14H,5H2,1H3,(H,13,15). The Balaban J connectivity index is 2.58. The molecule has 1 aromatic rings. The maximum atomic E-state index is 13.1. The van der Waals surface area contributed by atoms with E-state index in [1.807, 2.05) is 0 Å². The second-order valence-electron chi connectivity index (χ2n) is 3.14. The van der Waals surface area contributed by atoms with Crippen molar-refractivity contribution in [2.75, 3.05) is 0 Å². The molecule has 0 saturated carbocycles. The summed E-state index contributed by atoms with van der Waals surface area (Å²) < 4.78 is 13.4. The predicted molar refractivity (Wildman–Crippen MR) is 57.6 cm³/mol. The van der Waals surface area contributed by atoms with Crippen LogP contribution < -0.4 is 5.32 Å². The van der Waals surface area contributed by atoms with E-state index in [0.717, 1.165) is 0 Å². The number of hydrogen-bond donors (Lipinski definition) is 2. The highest BCUT2D eigenvalue weighted by molar-refractivity contribution is 9.10. The lowest BCUT2D eigenvalue weighted by Crippen LogP contribution is -2.31. The normalized spacial score (nSPS) is 12.3. The molecule has 0 fully saturated rings. The predicted octanol–water partition coefficient (Wildman–Crippen LogP) is 1.59. The minimum atomic E-state index is -1.05. The zero-order valence-corrected chi connectivity index (χ0v) is 9.71. The maximum Gasteiger partial charge on any atom is 0.248 e. The lowest BCUT2D eigenvalue weighted by molar-refractivity contribution is -0.128. The Morgan fingerprint density at radius 1 is 1.67 bits per heavy atom. The van der Waals surface area contributed by atoms with Gasteiger partial charge in [-0.15, -0.1) is 0 Å². The smallest absolute Gasteiger partial charge is 0.248 e. The first-order valence-corrected chi connectivity index (χ1v) is 5.19. The summed E-state index contributed by atoms with van der Waals surface area (Å²) in [6.45, 7) is 1.57. The van der Waals surface area contributed by atoms with Crippen LogP contribution in [0.25, 0.3) is 0 Å². The third-order valence-electron chi connectivity index (χ3n) is 1.83. The molecule has 1 aromatic carbocycles. The van der Waals surface area contributed by atoms with Crippen LogP contribution in [0, 0.1) is 5.82 Å². The Morgan fingerprint density at radius 2 is 2.33 bits per heavy atom. The van der Waals surface area contributed by atoms with Crippen molar-refractivity contribution in [1.82, 2.24) is 5.32 Å². The van der Waals surface area contributed by atoms with Gasteiger partial charge in [0.2, 0.25) is 5.91 Å². The van der Waals surface area contributed by atoms with E-state index in [0.29, 0.717) is 10.0 Å². The fourth-order valence-corrected chi connectivity index (χ4v) is 1.23. The SMILES string of the molecule is CC(O)C(=O)NCc1ccc(Br)c(F)c1. The molecule has 1 rings (SSSR count). The first kappa shape index (κ1) is 12.1. The van der Waals surface area contributed by atoms with Crippen LogP contribution in [0.2, 0.25) is 0 Å². The highest BCUT2D eigenvalue weighted by atomic mass is 79.9. The third kappa shape index (κ3) is 3.60. The van der Waals surface area contributed by atoms with E-state index in [4.69, 9.17) is 5.11 Å². The molecule has 0 spiro atoms. The summed E-state index contributed by atoms with van der Waals surface area (Å²) in [6, 6.07) is 4.58. The number of aliphatic hydroxyl groups excluding tert-OH is 1. The second kappa shape index (κ2) is 5.23. The van der Waals surface area contributed by atoms with Crippen molar-refractivity contribution >= 4 is 21.8 Å². The average molecular weight is 276 g/mol. The molecular weight excluding hydrogens is 265 g/mol. The van der Waals surface area contributed by atoms with E-state index in [1.165, 1.54) is 13.0 Å². The van der Waals surface area contributed by atoms with E-state index < -0.39 is 12.0 Å². The van der Waals surface area contributed by atoms with Crippen LogP contribution >= 0.6 is 15.9 Å². The van der Waals surface area contributed by atoms with E-state index >= 15 is 0 Å². The van der Waals surface area contributed by atoms with Crippen LogP contribution in [-0.2, 0) is 11.3 Å². The topological polar surface area (TPSA) is 49.3 Å². The first-order valence-electron chi connectivity index (χ1n) is 4.40. The largest absolute Gasteiger partial charge is 0.384 e. The van der Waals surface area contributed by atoms with Crippen LogP contribution in [0.4, 0.5) is 4.39 Å². The highest BCUT2D eigenvalue weighted by Crippen LogP contribution is 2.16. The molecule has 0 aliphatic carbocycles. The van der Waals surface area contributed by atoms with Crippen LogP contribution in [0.15, 0.2) is 22.7 Å². The van der Waals surface area contributed by atoms with Gasteiger partial charge in [-0.3, -0.25) is 4.79 Å². The molecule has 1 atom stereocenters. The molecule has 0 aliphatic heterocycles. The van der Waals surface area contributed by atoms with Gasteiger partial charge < -0.3 is 10.4 Å². The Labute approximate surface area is 95.4 Å². The van der Waals surface area contributed by atoms with Crippen molar-refractivity contribution < 1.29 is 14.3 Å². The van der Waals surface area contributed by atoms with E-state index in [9.17, 15) is 9.18 Å². The Bertz CT molecular complexity index is 368. The fraction of sp³-hybridized carbons (Fsp3) is 0.300. The number of rotatable bonds is 3. The second-order valence-corrected chi connectivity index (χ2v) is 4.00. The number of aliphatic hydroxyl groups is 1. The van der Waals surface area contributed by atoms with Crippen LogP contribution in [0.5, 0.6) is 0 Å². The zero-order valence-electron chi connectivity index (χ0n) is 8.13. The van der Waals surface area contributed by atoms with Gasteiger partial charge >= 0.3 is 0 Å². The number of carbonyl (C=O) groups is 1. The number of nitrogens with one attached hydrogen (secondary N) is 1. The first-order chi connectivity index (χ1) is 7.00. The molecule has 0 aliphatic rings. The zero-order chi connectivity index (χ0) is 11.4. The maximum absolute atomic E-state index is 13.1. The van der Waals surface area contributed by atoms with Gasteiger partial charge in [0.05, 0.1) is 4.47 Å². The van der Waals surface area contributed by atoms with Crippen molar-refractivity contribution in [3.05, 3.63) is 34.1 Å². The molecule has 0 bridgehead atoms. The summed E-state index contributed by atoms with van der Waals surface area (Å²) in [5.74, 6) is -0.850. The van der Waals surface area contributed by atoms with Gasteiger partial charge in [-0.05, 0) is 40.5 Å². The van der Waals surface area contributed by atoms with Crippen molar-refractivity contribution in [3.8, 4) is 0 Å². The summed E-state index contributed by atoms with van der Waals surface area (Å²) in [7, 11) is 0. The highest BCUT2D eigenvalue weighted by Gasteiger charge is 2.08. The Hall–Kier alpha value is -0.940. The minimum absolute atomic E-state index is 0.202. The van der Waals surface area contributed by atoms with Crippen molar-refractivity contribution in [2.24, 2.45) is 0 Å². The quantitative estimate of drug-likeness (QED) is 0.880. The third-order valence-corrected chi connectivity index (χ3v) is 2.47. The van der Waals surface area contributed by atoms with Gasteiger partial charge in [0, 0.05) is 6.54 Å². The molecular formula is C10H11BrFNO2. The van der Waals surface area contributed by atoms with Crippen molar-refractivity contribution in [2.45, 2.75) is 19.6 Å². The molecule has 2 N–H and O–H groups in total. The Morgan fingerprint density at radius 3 is 2.87 bits per heavy atom. The minimum Gasteiger partial charge on any atom is -0.384 e. The van der Waals surface area contributed by atoms with Crippen LogP contribution in [-0.4, -0.2) is 17.1 Å². The molecule has 0 heterocycles. The molecule has 0 saturated heterocycles. The Kier molecular flexibility index (Phi) is 4.23. The molecule has 0 aromatic heterocycles. The van der Waals surface area contributed by atoms with Crippen LogP contribution in [0.1, 0.15) is 12.5 Å². The molecule has 1 amide bonds. The van der Waals surface area contributed by atoms with E-state index in [2.05, 4.69) is 21.2 Å². The summed E-state index contributed by atoms with van der Waals surface area (Å²) >= 11 is 3.03. The molecule has 0 radical (unpaired) electrons. The molecule has 3 nitrogen and oxygen atoms in total. The number of amides is 1. The lowest BCUT2D eigenvalue weighted by Gasteiger charge is -2.07. The number of halogens is 2. The number of hydrogen-bond acceptors (Lipinski definition) is 2. The summed E-state index contributed by atoms with van der Waals surface area (Å²) in [5, 5.41) is 11.4. The molecule has 15 heavy (non-hydrogen) atoms. The van der Waals surface area contributed by atoms with Gasteiger partial charge in [-0.2, -0.15) is 0 Å². The fourth-order valence-electron chi connectivity index (χ4n) is 0.986. The van der Waals surface area contributed by atoms with Gasteiger partial charge in [0.25, 0.3) is 0 Å². The molecule has 1 unspecified atom stereocenters. The number of benzene rings is 1. The van der Waals surface area contributed by atoms with Gasteiger partial charge in [0.1, 0.15) is 11.9 Å². The van der Waals surface area contributed by atoms with Gasteiger partial charge in [-0.1, -0.05) is 6.07 Å². The van der Waals surface area contributed by atoms with Crippen molar-refractivity contribution in [3.63, 3.8) is 0 Å². The molecule has 82 valence electrons. The summed E-state index contributed by atoms with van der Waals surface area (Å²) in [4.78, 5) is 11.0. The van der Waals surface area contributed by atoms with E-state index in [1.54, 1.807) is 12.1 Å². The van der Waals surface area contributed by atoms with Gasteiger partial charge in [-0.25, -0.2) is 4.39 Å². The van der Waals surface area contributed by atoms with Crippen LogP contribution in [0.3, 0.4) is 0 Å². The monoisotopic (exact) mass is 275 g/mol. The molecule has 5 heteroatoms. The summed E-state index contributed by atoms with van der Waals surface area (Å²) in [5.41, 5.74) is 0.643. The summed E-state index contributed by atoms with van der Waals surface area (Å²) in [6.07, 6.45) is -1.05.